The van der Waals surface area contributed by atoms with Crippen LogP contribution >= 0.6 is 0 Å². The first kappa shape index (κ1) is 9.26. The molecule has 0 aliphatic rings. The molecule has 1 heterocycles. The maximum atomic E-state index is 5.63. The van der Waals surface area contributed by atoms with Gasteiger partial charge in [0.2, 0.25) is 0 Å². The van der Waals surface area contributed by atoms with Crippen LogP contribution < -0.4 is 5.73 Å². The Balaban J connectivity index is 3.02. The van der Waals surface area contributed by atoms with Crippen LogP contribution in [0.25, 0.3) is 0 Å². The van der Waals surface area contributed by atoms with Crippen LogP contribution in [-0.2, 0) is 20.0 Å². The van der Waals surface area contributed by atoms with Gasteiger partial charge in [-0.2, -0.15) is 0 Å². The number of rotatable bonds is 3. The minimum Gasteiger partial charge on any atom is -0.334 e. The lowest BCUT2D eigenvalue weighted by molar-refractivity contribution is 0.777. The quantitative estimate of drug-likeness (QED) is 0.733. The molecule has 0 bridgehead atoms. The zero-order valence-corrected chi connectivity index (χ0v) is 8.09. The van der Waals surface area contributed by atoms with E-state index in [0.717, 1.165) is 18.7 Å². The molecular formula is C9H17N3. The van der Waals surface area contributed by atoms with Crippen molar-refractivity contribution in [2.75, 3.05) is 0 Å². The number of aromatic nitrogens is 2. The predicted molar refractivity (Wildman–Crippen MR) is 49.8 cm³/mol. The third-order valence-corrected chi connectivity index (χ3v) is 2.20. The van der Waals surface area contributed by atoms with E-state index in [-0.39, 0.29) is 0 Å². The summed E-state index contributed by atoms with van der Waals surface area (Å²) in [5.74, 6) is 1.05. The van der Waals surface area contributed by atoms with Gasteiger partial charge in [0.1, 0.15) is 5.82 Å². The number of nitrogens with zero attached hydrogens (tertiary/aromatic N) is 2. The molecule has 0 aliphatic carbocycles. The highest BCUT2D eigenvalue weighted by Gasteiger charge is 2.08. The summed E-state index contributed by atoms with van der Waals surface area (Å²) < 4.78 is 2.07. The average molecular weight is 167 g/mol. The van der Waals surface area contributed by atoms with Crippen molar-refractivity contribution in [3.63, 3.8) is 0 Å². The van der Waals surface area contributed by atoms with Crippen molar-refractivity contribution in [1.82, 2.24) is 9.55 Å². The van der Waals surface area contributed by atoms with Crippen molar-refractivity contribution in [3.8, 4) is 0 Å². The molecule has 0 aliphatic heterocycles. The Morgan fingerprint density at radius 2 is 2.17 bits per heavy atom. The second kappa shape index (κ2) is 3.72. The Hall–Kier alpha value is -0.830. The van der Waals surface area contributed by atoms with Gasteiger partial charge in [-0.05, 0) is 13.3 Å². The molecule has 68 valence electrons. The Labute approximate surface area is 73.6 Å². The van der Waals surface area contributed by atoms with Gasteiger partial charge in [0, 0.05) is 13.6 Å². The minimum atomic E-state index is 0.590. The average Bonchev–Trinajstić information content (AvgIpc) is 2.29. The van der Waals surface area contributed by atoms with E-state index >= 15 is 0 Å². The molecule has 0 aromatic carbocycles. The fraction of sp³-hybridized carbons (Fsp3) is 0.667. The molecular weight excluding hydrogens is 150 g/mol. The number of hydrogen-bond donors (Lipinski definition) is 1. The number of hydrogen-bond acceptors (Lipinski definition) is 2. The molecule has 0 atom stereocenters. The van der Waals surface area contributed by atoms with Gasteiger partial charge in [-0.1, -0.05) is 13.3 Å². The molecule has 1 aromatic rings. The number of nitrogens with two attached hydrogens (primary N) is 1. The molecule has 0 saturated carbocycles. The predicted octanol–water partition coefficient (Wildman–Crippen LogP) is 1.14. The number of aryl methyl sites for hydroxylation is 2. The van der Waals surface area contributed by atoms with Crippen LogP contribution in [0.4, 0.5) is 0 Å². The lowest BCUT2D eigenvalue weighted by Crippen LogP contribution is -2.06. The van der Waals surface area contributed by atoms with Crippen LogP contribution in [0.15, 0.2) is 0 Å². The third kappa shape index (κ3) is 1.50. The summed E-state index contributed by atoms with van der Waals surface area (Å²) in [6.07, 6.45) is 2.16. The van der Waals surface area contributed by atoms with Gasteiger partial charge in [-0.15, -0.1) is 0 Å². The smallest absolute Gasteiger partial charge is 0.105 e. The second-order valence-corrected chi connectivity index (χ2v) is 3.07. The molecule has 0 amide bonds. The van der Waals surface area contributed by atoms with Crippen LogP contribution in [0.3, 0.4) is 0 Å². The minimum absolute atomic E-state index is 0.590. The molecule has 0 radical (unpaired) electrons. The fourth-order valence-corrected chi connectivity index (χ4v) is 1.42. The van der Waals surface area contributed by atoms with Crippen molar-refractivity contribution in [2.45, 2.75) is 33.2 Å². The molecule has 0 fully saturated rings. The Kier molecular flexibility index (Phi) is 2.87. The maximum Gasteiger partial charge on any atom is 0.105 e. The molecule has 0 spiro atoms. The van der Waals surface area contributed by atoms with E-state index in [4.69, 9.17) is 5.73 Å². The number of imidazole rings is 1. The summed E-state index contributed by atoms with van der Waals surface area (Å²) >= 11 is 0. The van der Waals surface area contributed by atoms with Gasteiger partial charge < -0.3 is 10.3 Å². The molecule has 0 unspecified atom stereocenters. The molecule has 3 heteroatoms. The van der Waals surface area contributed by atoms with Crippen LogP contribution in [0.1, 0.15) is 30.6 Å². The first-order valence-electron chi connectivity index (χ1n) is 4.41. The highest BCUT2D eigenvalue weighted by atomic mass is 15.1. The van der Waals surface area contributed by atoms with Crippen LogP contribution in [0, 0.1) is 6.92 Å². The van der Waals surface area contributed by atoms with Gasteiger partial charge in [0.15, 0.2) is 0 Å². The fourth-order valence-electron chi connectivity index (χ4n) is 1.42. The largest absolute Gasteiger partial charge is 0.334 e. The lowest BCUT2D eigenvalue weighted by atomic mass is 10.2. The monoisotopic (exact) mass is 167 g/mol. The Morgan fingerprint density at radius 1 is 1.50 bits per heavy atom. The first-order valence-corrected chi connectivity index (χ1v) is 4.41. The lowest BCUT2D eigenvalue weighted by Gasteiger charge is -2.01. The van der Waals surface area contributed by atoms with Crippen molar-refractivity contribution in [2.24, 2.45) is 12.8 Å². The summed E-state index contributed by atoms with van der Waals surface area (Å²) in [4.78, 5) is 4.45. The Morgan fingerprint density at radius 3 is 2.67 bits per heavy atom. The van der Waals surface area contributed by atoms with E-state index in [9.17, 15) is 0 Å². The van der Waals surface area contributed by atoms with Gasteiger partial charge in [0.25, 0.3) is 0 Å². The van der Waals surface area contributed by atoms with Gasteiger partial charge >= 0.3 is 0 Å². The maximum absolute atomic E-state index is 5.63. The second-order valence-electron chi connectivity index (χ2n) is 3.07. The van der Waals surface area contributed by atoms with Crippen molar-refractivity contribution in [1.29, 1.82) is 0 Å². The molecule has 1 rings (SSSR count). The van der Waals surface area contributed by atoms with E-state index in [1.54, 1.807) is 0 Å². The summed E-state index contributed by atoms with van der Waals surface area (Å²) in [6.45, 7) is 4.76. The summed E-state index contributed by atoms with van der Waals surface area (Å²) in [5, 5.41) is 0. The third-order valence-electron chi connectivity index (χ3n) is 2.20. The van der Waals surface area contributed by atoms with Crippen LogP contribution in [0.5, 0.6) is 0 Å². The van der Waals surface area contributed by atoms with Gasteiger partial charge in [-0.25, -0.2) is 4.98 Å². The molecule has 1 aromatic heterocycles. The summed E-state index contributed by atoms with van der Waals surface area (Å²) in [5.41, 5.74) is 7.98. The van der Waals surface area contributed by atoms with Gasteiger partial charge in [0.05, 0.1) is 11.4 Å². The molecule has 0 saturated heterocycles. The van der Waals surface area contributed by atoms with E-state index in [1.165, 1.54) is 11.4 Å². The normalized spacial score (nSPS) is 10.7. The molecule has 2 N–H and O–H groups in total. The van der Waals surface area contributed by atoms with E-state index in [2.05, 4.69) is 16.5 Å². The summed E-state index contributed by atoms with van der Waals surface area (Å²) in [6, 6.07) is 0. The SMILES string of the molecule is CCCc1nc(C)n(C)c1CN. The molecule has 12 heavy (non-hydrogen) atoms. The topological polar surface area (TPSA) is 43.8 Å². The van der Waals surface area contributed by atoms with Crippen LogP contribution in [0.2, 0.25) is 0 Å². The van der Waals surface area contributed by atoms with Crippen LogP contribution in [-0.4, -0.2) is 9.55 Å². The standard InChI is InChI=1S/C9H17N3/c1-4-5-8-9(6-10)12(3)7(2)11-8/h4-6,10H2,1-3H3. The van der Waals surface area contributed by atoms with Crippen molar-refractivity contribution in [3.05, 3.63) is 17.2 Å². The highest BCUT2D eigenvalue weighted by Crippen LogP contribution is 2.10. The summed E-state index contributed by atoms with van der Waals surface area (Å²) in [7, 11) is 2.02. The molecule has 3 nitrogen and oxygen atoms in total. The van der Waals surface area contributed by atoms with Gasteiger partial charge in [-0.3, -0.25) is 0 Å². The van der Waals surface area contributed by atoms with E-state index < -0.39 is 0 Å². The van der Waals surface area contributed by atoms with Crippen molar-refractivity contribution >= 4 is 0 Å². The van der Waals surface area contributed by atoms with E-state index in [1.807, 2.05) is 14.0 Å². The Bertz CT molecular complexity index is 263. The van der Waals surface area contributed by atoms with Crippen molar-refractivity contribution < 1.29 is 0 Å². The first-order chi connectivity index (χ1) is 5.70. The highest BCUT2D eigenvalue weighted by molar-refractivity contribution is 5.16. The zero-order chi connectivity index (χ0) is 9.14. The van der Waals surface area contributed by atoms with E-state index in [0.29, 0.717) is 6.54 Å². The zero-order valence-electron chi connectivity index (χ0n) is 8.09.